The van der Waals surface area contributed by atoms with Gasteiger partial charge in [0.05, 0.1) is 41.5 Å². The van der Waals surface area contributed by atoms with Crippen LogP contribution in [0.25, 0.3) is 89.3 Å². The average molecular weight is 880 g/mol. The zero-order valence-electron chi connectivity index (χ0n) is 44.5. The highest BCUT2D eigenvalue weighted by Crippen LogP contribution is 2.56. The molecule has 0 saturated heterocycles. The summed E-state index contributed by atoms with van der Waals surface area (Å²) in [5, 5.41) is 0.267. The summed E-state index contributed by atoms with van der Waals surface area (Å²) in [6.45, 7) is 3.81. The van der Waals surface area contributed by atoms with Gasteiger partial charge in [-0.2, -0.15) is 0 Å². The smallest absolute Gasteiger partial charge is 0.220 e. The van der Waals surface area contributed by atoms with Gasteiger partial charge in [-0.1, -0.05) is 131 Å². The Balaban J connectivity index is 1.26. The van der Waals surface area contributed by atoms with Crippen LogP contribution < -0.4 is 9.92 Å². The summed E-state index contributed by atoms with van der Waals surface area (Å²) in [4.78, 5) is 10.3. The topological polar surface area (TPSA) is 44.4 Å². The Labute approximate surface area is 397 Å². The van der Waals surface area contributed by atoms with E-state index in [-0.39, 0.29) is 11.1 Å². The van der Waals surface area contributed by atoms with E-state index in [4.69, 9.17) is 18.8 Å². The van der Waals surface area contributed by atoms with E-state index < -0.39 is 32.7 Å². The second-order valence-corrected chi connectivity index (χ2v) is 24.4. The average Bonchev–Trinajstić information content (AvgIpc) is 4.07. The second kappa shape index (κ2) is 14.2. The molecule has 0 unspecified atom stereocenters. The van der Waals surface area contributed by atoms with E-state index >= 15 is 0 Å². The van der Waals surface area contributed by atoms with Crippen LogP contribution in [0.5, 0.6) is 11.5 Å². The fourth-order valence-corrected chi connectivity index (χ4v) is 14.3. The molecule has 66 heavy (non-hydrogen) atoms. The van der Waals surface area contributed by atoms with E-state index in [2.05, 4.69) is 85.9 Å². The molecule has 7 aromatic carbocycles. The van der Waals surface area contributed by atoms with Crippen LogP contribution in [-0.4, -0.2) is 27.0 Å². The highest BCUT2D eigenvalue weighted by atomic mass is 28.3. The summed E-state index contributed by atoms with van der Waals surface area (Å²) in [5.74, 6) is 0.227. The number of rotatable bonds is 3. The molecule has 1 fully saturated rings. The Morgan fingerprint density at radius 1 is 0.667 bits per heavy atom. The van der Waals surface area contributed by atoms with Gasteiger partial charge in [0.25, 0.3) is 0 Å². The lowest BCUT2D eigenvalue weighted by atomic mass is 9.77. The van der Waals surface area contributed by atoms with E-state index in [0.717, 1.165) is 95.9 Å². The van der Waals surface area contributed by atoms with Crippen molar-refractivity contribution < 1.29 is 14.3 Å². The number of aromatic nitrogens is 4. The number of fused-ring (bicyclic) bond motifs is 15. The third kappa shape index (κ3) is 5.45. The summed E-state index contributed by atoms with van der Waals surface area (Å²) in [5.41, 5.74) is 14.0. The zero-order chi connectivity index (χ0) is 50.6. The standard InChI is InChI=1S/C60H52N4OSi/c1-36-29-30-55-54(32-36)65-58-48(60(3,4)66(55,5)6)35-53(64-52-28-16-15-27-51(52)63-50-26-14-13-25-49(50)62-59(63)64)37(2)56(58)47-34-46-41-22-11-12-23-42(41)57-43(24-17-31-61-57)39-20-9-10-21-40(39)45(46)33-44(47)38-18-7-8-19-38/h9-17,20-35,38H,7-8,18-19H2,1-6H3/i1D3,2D3,38D. The maximum absolute atomic E-state index is 10.6. The highest BCUT2D eigenvalue weighted by molar-refractivity contribution is 6.92. The van der Waals surface area contributed by atoms with Crippen LogP contribution in [0.1, 0.15) is 77.3 Å². The Kier molecular flexibility index (Phi) is 7.03. The fourth-order valence-electron chi connectivity index (χ4n) is 11.5. The Morgan fingerprint density at radius 2 is 1.33 bits per heavy atom. The minimum Gasteiger partial charge on any atom is -0.457 e. The molecular formula is C60H52N4OSi. The number of para-hydroxylation sites is 4. The van der Waals surface area contributed by atoms with Crippen molar-refractivity contribution in [3.8, 4) is 73.0 Å². The van der Waals surface area contributed by atoms with Crippen molar-refractivity contribution in [1.29, 1.82) is 0 Å². The minimum absolute atomic E-state index is 0.0570. The van der Waals surface area contributed by atoms with Gasteiger partial charge in [0.1, 0.15) is 11.5 Å². The van der Waals surface area contributed by atoms with Gasteiger partial charge in [-0.15, -0.1) is 0 Å². The Bertz CT molecular complexity index is 3970. The molecule has 0 spiro atoms. The van der Waals surface area contributed by atoms with Gasteiger partial charge < -0.3 is 4.74 Å². The molecule has 5 nitrogen and oxygen atoms in total. The molecule has 4 heterocycles. The molecule has 3 aliphatic rings. The summed E-state index contributed by atoms with van der Waals surface area (Å²) in [7, 11) is -2.78. The van der Waals surface area contributed by atoms with Crippen LogP contribution >= 0.6 is 0 Å². The van der Waals surface area contributed by atoms with Gasteiger partial charge in [0.2, 0.25) is 5.78 Å². The third-order valence-electron chi connectivity index (χ3n) is 15.5. The van der Waals surface area contributed by atoms with Crippen LogP contribution in [0, 0.1) is 13.7 Å². The molecule has 0 atom stereocenters. The molecule has 2 aliphatic carbocycles. The van der Waals surface area contributed by atoms with Crippen LogP contribution in [0.2, 0.25) is 13.1 Å². The summed E-state index contributed by atoms with van der Waals surface area (Å²) >= 11 is 0. The predicted octanol–water partition coefficient (Wildman–Crippen LogP) is 15.3. The molecule has 322 valence electrons. The number of benzene rings is 7. The molecular weight excluding hydrogens is 821 g/mol. The minimum atomic E-state index is -2.79. The van der Waals surface area contributed by atoms with Gasteiger partial charge >= 0.3 is 0 Å². The molecule has 1 aliphatic heterocycles. The first kappa shape index (κ1) is 32.6. The molecule has 10 aromatic rings. The quantitative estimate of drug-likeness (QED) is 0.166. The van der Waals surface area contributed by atoms with E-state index in [1.54, 1.807) is 12.1 Å². The normalized spacial score (nSPS) is 18.2. The maximum Gasteiger partial charge on any atom is 0.220 e. The number of ether oxygens (including phenoxy) is 1. The van der Waals surface area contributed by atoms with E-state index in [0.29, 0.717) is 46.9 Å². The van der Waals surface area contributed by atoms with E-state index in [1.807, 2.05) is 89.6 Å². The van der Waals surface area contributed by atoms with Gasteiger partial charge in [-0.3, -0.25) is 14.0 Å². The SMILES string of the molecule is [2H]C([2H])([2H])c1ccc2c(c1)Oc1c(cc(-n3c4ccccc4n4c5ccccc5nc34)c(C([2H])([2H])[2H])c1-c1cc3c(cc1C1([2H])CCCC1)-c1ccccc1-c1cccnc1-c1ccccc1-3)C(C)(C)[Si]2(C)C. The van der Waals surface area contributed by atoms with E-state index in [9.17, 15) is 5.48 Å². The van der Waals surface area contributed by atoms with Crippen molar-refractivity contribution in [2.24, 2.45) is 0 Å². The monoisotopic (exact) mass is 879 g/mol. The summed E-state index contributed by atoms with van der Waals surface area (Å²) in [6, 6.07) is 48.4. The van der Waals surface area contributed by atoms with Crippen LogP contribution in [0.4, 0.5) is 0 Å². The van der Waals surface area contributed by atoms with Gasteiger partial charge in [-0.25, -0.2) is 4.98 Å². The third-order valence-corrected chi connectivity index (χ3v) is 20.7. The second-order valence-electron chi connectivity index (χ2n) is 19.4. The number of nitrogens with zero attached hydrogens (tertiary/aromatic N) is 4. The number of hydrogen-bond acceptors (Lipinski definition) is 3. The fraction of sp³-hybridized carbons (Fsp3) is 0.200. The van der Waals surface area contributed by atoms with Crippen molar-refractivity contribution in [3.05, 3.63) is 174 Å². The van der Waals surface area contributed by atoms with Crippen LogP contribution in [0.3, 0.4) is 0 Å². The molecule has 0 N–H and O–H groups in total. The van der Waals surface area contributed by atoms with Gasteiger partial charge in [-0.05, 0) is 147 Å². The Hall–Kier alpha value is -7.02. The molecule has 0 radical (unpaired) electrons. The number of hydrogen-bond donors (Lipinski definition) is 0. The number of pyridine rings is 1. The van der Waals surface area contributed by atoms with Crippen molar-refractivity contribution >= 4 is 41.1 Å². The molecule has 6 heteroatoms. The molecule has 13 rings (SSSR count). The maximum atomic E-state index is 10.6. The lowest BCUT2D eigenvalue weighted by Crippen LogP contribution is -2.56. The van der Waals surface area contributed by atoms with Crippen molar-refractivity contribution in [1.82, 2.24) is 18.9 Å². The van der Waals surface area contributed by atoms with Gasteiger partial charge in [0.15, 0.2) is 0 Å². The number of aryl methyl sites for hydroxylation is 1. The van der Waals surface area contributed by atoms with Crippen LogP contribution in [0.15, 0.2) is 152 Å². The largest absolute Gasteiger partial charge is 0.457 e. The van der Waals surface area contributed by atoms with Gasteiger partial charge in [0, 0.05) is 38.0 Å². The molecule has 3 aromatic heterocycles. The first-order chi connectivity index (χ1) is 34.9. The first-order valence-corrected chi connectivity index (χ1v) is 26.1. The molecule has 0 bridgehead atoms. The zero-order valence-corrected chi connectivity index (χ0v) is 38.5. The Morgan fingerprint density at radius 3 is 2.11 bits per heavy atom. The number of imidazole rings is 2. The first-order valence-electron chi connectivity index (χ1n) is 26.6. The van der Waals surface area contributed by atoms with E-state index in [1.165, 1.54) is 0 Å². The molecule has 0 amide bonds. The van der Waals surface area contributed by atoms with Crippen molar-refractivity contribution in [2.75, 3.05) is 0 Å². The van der Waals surface area contributed by atoms with Crippen LogP contribution in [-0.2, 0) is 5.04 Å². The van der Waals surface area contributed by atoms with Crippen molar-refractivity contribution in [3.63, 3.8) is 0 Å². The summed E-state index contributed by atoms with van der Waals surface area (Å²) in [6.07, 6.45) is 4.67. The molecule has 1 saturated carbocycles. The summed E-state index contributed by atoms with van der Waals surface area (Å²) < 4.78 is 77.7. The lowest BCUT2D eigenvalue weighted by Gasteiger charge is -2.40. The predicted molar refractivity (Wildman–Crippen MR) is 275 cm³/mol. The van der Waals surface area contributed by atoms with Crippen molar-refractivity contribution in [2.45, 2.75) is 77.3 Å². The lowest BCUT2D eigenvalue weighted by molar-refractivity contribution is 0.478. The highest BCUT2D eigenvalue weighted by Gasteiger charge is 2.48.